The molecule has 1 aromatic heterocycles. The Hall–Kier alpha value is -0.940. The molecule has 0 spiro atoms. The summed E-state index contributed by atoms with van der Waals surface area (Å²) in [7, 11) is -1.81. The van der Waals surface area contributed by atoms with Gasteiger partial charge in [0.05, 0.1) is 5.69 Å². The molecule has 72 valence electrons. The summed E-state index contributed by atoms with van der Waals surface area (Å²) in [6.07, 6.45) is 1.65. The lowest BCUT2D eigenvalue weighted by Gasteiger charge is -2.01. The first kappa shape index (κ1) is 10.1. The maximum atomic E-state index is 11.1. The van der Waals surface area contributed by atoms with Crippen LogP contribution in [0.2, 0.25) is 0 Å². The van der Waals surface area contributed by atoms with Crippen LogP contribution in [0, 0.1) is 6.92 Å². The molecule has 1 heterocycles. The van der Waals surface area contributed by atoms with E-state index >= 15 is 0 Å². The third kappa shape index (κ3) is 3.12. The molecular formula is C8H12N2O2S. The fourth-order valence-electron chi connectivity index (χ4n) is 0.851. The standard InChI is InChI=1S/C8H12N2O2S/c1-7-3-4-8(10-5-7)6-13(11,12)9-2/h3-5,9H,6H2,1-2H3. The molecular weight excluding hydrogens is 188 g/mol. The number of aryl methyl sites for hydroxylation is 1. The predicted octanol–water partition coefficient (Wildman–Crippen LogP) is 0.439. The smallest absolute Gasteiger partial charge is 0.217 e. The van der Waals surface area contributed by atoms with Gasteiger partial charge < -0.3 is 0 Å². The van der Waals surface area contributed by atoms with Crippen molar-refractivity contribution < 1.29 is 8.42 Å². The average Bonchev–Trinajstić information content (AvgIpc) is 2.09. The van der Waals surface area contributed by atoms with Crippen molar-refractivity contribution in [3.05, 3.63) is 29.6 Å². The number of sulfonamides is 1. The molecule has 0 atom stereocenters. The van der Waals surface area contributed by atoms with Crippen LogP contribution in [0.25, 0.3) is 0 Å². The molecule has 0 fully saturated rings. The highest BCUT2D eigenvalue weighted by Crippen LogP contribution is 2.02. The normalized spacial score (nSPS) is 11.5. The largest absolute Gasteiger partial charge is 0.260 e. The van der Waals surface area contributed by atoms with Gasteiger partial charge in [0.1, 0.15) is 5.75 Å². The zero-order chi connectivity index (χ0) is 9.90. The minimum absolute atomic E-state index is 0.0657. The summed E-state index contributed by atoms with van der Waals surface area (Å²) in [6.45, 7) is 1.91. The first-order valence-electron chi connectivity index (χ1n) is 3.86. The van der Waals surface area contributed by atoms with Crippen molar-refractivity contribution in [2.24, 2.45) is 0 Å². The van der Waals surface area contributed by atoms with Crippen molar-refractivity contribution in [3.63, 3.8) is 0 Å². The predicted molar refractivity (Wildman–Crippen MR) is 50.7 cm³/mol. The van der Waals surface area contributed by atoms with E-state index in [9.17, 15) is 8.42 Å². The Balaban J connectivity index is 2.82. The van der Waals surface area contributed by atoms with Crippen molar-refractivity contribution in [2.45, 2.75) is 12.7 Å². The highest BCUT2D eigenvalue weighted by Gasteiger charge is 2.08. The fraction of sp³-hybridized carbons (Fsp3) is 0.375. The van der Waals surface area contributed by atoms with Crippen molar-refractivity contribution >= 4 is 10.0 Å². The lowest BCUT2D eigenvalue weighted by atomic mass is 10.3. The number of hydrogen-bond acceptors (Lipinski definition) is 3. The van der Waals surface area contributed by atoms with Crippen LogP contribution >= 0.6 is 0 Å². The summed E-state index contributed by atoms with van der Waals surface area (Å²) >= 11 is 0. The zero-order valence-electron chi connectivity index (χ0n) is 7.61. The van der Waals surface area contributed by atoms with Gasteiger partial charge in [0.2, 0.25) is 10.0 Å². The van der Waals surface area contributed by atoms with Crippen LogP contribution in [0.1, 0.15) is 11.3 Å². The summed E-state index contributed by atoms with van der Waals surface area (Å²) in [5.74, 6) is -0.0657. The molecule has 0 saturated heterocycles. The Kier molecular flexibility index (Phi) is 3.00. The van der Waals surface area contributed by atoms with Crippen LogP contribution in [-0.4, -0.2) is 20.4 Å². The quantitative estimate of drug-likeness (QED) is 0.770. The Labute approximate surface area is 78.1 Å². The summed E-state index contributed by atoms with van der Waals surface area (Å²) in [6, 6.07) is 3.55. The highest BCUT2D eigenvalue weighted by atomic mass is 32.2. The van der Waals surface area contributed by atoms with E-state index in [1.165, 1.54) is 7.05 Å². The van der Waals surface area contributed by atoms with Crippen LogP contribution < -0.4 is 4.72 Å². The molecule has 0 unspecified atom stereocenters. The molecule has 0 aliphatic carbocycles. The number of nitrogens with zero attached hydrogens (tertiary/aromatic N) is 1. The molecule has 0 aliphatic heterocycles. The molecule has 1 rings (SSSR count). The monoisotopic (exact) mass is 200 g/mol. The average molecular weight is 200 g/mol. The topological polar surface area (TPSA) is 59.1 Å². The van der Waals surface area contributed by atoms with E-state index in [1.54, 1.807) is 12.3 Å². The summed E-state index contributed by atoms with van der Waals surface area (Å²) in [5, 5.41) is 0. The second kappa shape index (κ2) is 3.85. The Morgan fingerprint density at radius 2 is 2.15 bits per heavy atom. The van der Waals surface area contributed by atoms with E-state index in [4.69, 9.17) is 0 Å². The van der Waals surface area contributed by atoms with Crippen LogP contribution in [0.15, 0.2) is 18.3 Å². The number of rotatable bonds is 3. The molecule has 0 aliphatic rings. The zero-order valence-corrected chi connectivity index (χ0v) is 8.43. The molecule has 1 N–H and O–H groups in total. The number of nitrogens with one attached hydrogen (secondary N) is 1. The van der Waals surface area contributed by atoms with Gasteiger partial charge in [-0.1, -0.05) is 6.07 Å². The minimum Gasteiger partial charge on any atom is -0.260 e. The second-order valence-corrected chi connectivity index (χ2v) is 4.72. The van der Waals surface area contributed by atoms with Crippen LogP contribution in [0.3, 0.4) is 0 Å². The minimum atomic E-state index is -3.20. The second-order valence-electron chi connectivity index (χ2n) is 2.79. The number of hydrogen-bond donors (Lipinski definition) is 1. The van der Waals surface area contributed by atoms with Crippen molar-refractivity contribution in [1.82, 2.24) is 9.71 Å². The van der Waals surface area contributed by atoms with Crippen molar-refractivity contribution in [3.8, 4) is 0 Å². The fourth-order valence-corrected chi connectivity index (χ4v) is 1.56. The maximum Gasteiger partial charge on any atom is 0.217 e. The third-order valence-corrected chi connectivity index (χ3v) is 2.92. The van der Waals surface area contributed by atoms with Gasteiger partial charge in [0.25, 0.3) is 0 Å². The van der Waals surface area contributed by atoms with E-state index < -0.39 is 10.0 Å². The highest BCUT2D eigenvalue weighted by molar-refractivity contribution is 7.88. The van der Waals surface area contributed by atoms with Gasteiger partial charge in [-0.3, -0.25) is 4.98 Å². The first-order chi connectivity index (χ1) is 6.03. The molecule has 13 heavy (non-hydrogen) atoms. The Morgan fingerprint density at radius 3 is 2.62 bits per heavy atom. The van der Waals surface area contributed by atoms with Gasteiger partial charge in [-0.15, -0.1) is 0 Å². The van der Waals surface area contributed by atoms with Crippen LogP contribution in [0.4, 0.5) is 0 Å². The summed E-state index contributed by atoms with van der Waals surface area (Å²) in [4.78, 5) is 3.99. The maximum absolute atomic E-state index is 11.1. The molecule has 0 bridgehead atoms. The molecule has 0 amide bonds. The molecule has 0 aromatic carbocycles. The number of aromatic nitrogens is 1. The van der Waals surface area contributed by atoms with E-state index in [1.807, 2.05) is 13.0 Å². The van der Waals surface area contributed by atoms with Gasteiger partial charge in [-0.2, -0.15) is 0 Å². The van der Waals surface area contributed by atoms with Gasteiger partial charge in [0, 0.05) is 6.20 Å². The molecule has 4 nitrogen and oxygen atoms in total. The molecule has 0 radical (unpaired) electrons. The first-order valence-corrected chi connectivity index (χ1v) is 5.51. The van der Waals surface area contributed by atoms with Crippen LogP contribution in [0.5, 0.6) is 0 Å². The Morgan fingerprint density at radius 1 is 1.46 bits per heavy atom. The van der Waals surface area contributed by atoms with E-state index in [0.29, 0.717) is 5.69 Å². The van der Waals surface area contributed by atoms with Gasteiger partial charge in [-0.25, -0.2) is 13.1 Å². The lowest BCUT2D eigenvalue weighted by Crippen LogP contribution is -2.20. The molecule has 1 aromatic rings. The Bertz CT molecular complexity index is 370. The van der Waals surface area contributed by atoms with Crippen molar-refractivity contribution in [2.75, 3.05) is 7.05 Å². The number of pyridine rings is 1. The molecule has 0 saturated carbocycles. The summed E-state index contributed by atoms with van der Waals surface area (Å²) in [5.41, 5.74) is 1.57. The lowest BCUT2D eigenvalue weighted by molar-refractivity contribution is 0.586. The summed E-state index contributed by atoms with van der Waals surface area (Å²) < 4.78 is 24.4. The SMILES string of the molecule is CNS(=O)(=O)Cc1ccc(C)cn1. The van der Waals surface area contributed by atoms with E-state index in [0.717, 1.165) is 5.56 Å². The van der Waals surface area contributed by atoms with Gasteiger partial charge in [-0.05, 0) is 25.6 Å². The third-order valence-electron chi connectivity index (χ3n) is 1.62. The van der Waals surface area contributed by atoms with Crippen molar-refractivity contribution in [1.29, 1.82) is 0 Å². The van der Waals surface area contributed by atoms with Crippen LogP contribution in [-0.2, 0) is 15.8 Å². The van der Waals surface area contributed by atoms with Gasteiger partial charge >= 0.3 is 0 Å². The van der Waals surface area contributed by atoms with Gasteiger partial charge in [0.15, 0.2) is 0 Å². The van der Waals surface area contributed by atoms with E-state index in [2.05, 4.69) is 9.71 Å². The molecule has 5 heteroatoms. The van der Waals surface area contributed by atoms with E-state index in [-0.39, 0.29) is 5.75 Å².